The van der Waals surface area contributed by atoms with E-state index in [1.807, 2.05) is 50.4 Å². The number of para-hydroxylation sites is 1. The highest BCUT2D eigenvalue weighted by molar-refractivity contribution is 5.98. The van der Waals surface area contributed by atoms with Crippen LogP contribution in [0.25, 0.3) is 0 Å². The molecule has 0 spiro atoms. The van der Waals surface area contributed by atoms with E-state index < -0.39 is 0 Å². The highest BCUT2D eigenvalue weighted by atomic mass is 16.2. The molecule has 0 unspecified atom stereocenters. The van der Waals surface area contributed by atoms with Crippen molar-refractivity contribution in [2.75, 3.05) is 11.9 Å². The van der Waals surface area contributed by atoms with E-state index in [4.69, 9.17) is 0 Å². The first-order chi connectivity index (χ1) is 9.20. The third-order valence-corrected chi connectivity index (χ3v) is 4.01. The van der Waals surface area contributed by atoms with Crippen molar-refractivity contribution in [2.24, 2.45) is 5.92 Å². The van der Waals surface area contributed by atoms with Gasteiger partial charge in [0.2, 0.25) is 5.91 Å². The van der Waals surface area contributed by atoms with Crippen LogP contribution in [0, 0.1) is 5.92 Å². The third kappa shape index (κ3) is 1.84. The molecular weight excluding hydrogens is 234 g/mol. The summed E-state index contributed by atoms with van der Waals surface area (Å²) in [5.74, 6) is 0.316. The molecule has 2 nitrogen and oxygen atoms in total. The summed E-state index contributed by atoms with van der Waals surface area (Å²) >= 11 is 0. The number of anilines is 1. The molecule has 2 aromatic rings. The Kier molecular flexibility index (Phi) is 2.86. The molecule has 0 bridgehead atoms. The molecule has 2 heteroatoms. The van der Waals surface area contributed by atoms with Crippen LogP contribution in [-0.4, -0.2) is 13.0 Å². The second-order valence-electron chi connectivity index (χ2n) is 5.13. The van der Waals surface area contributed by atoms with Gasteiger partial charge < -0.3 is 4.90 Å². The fourth-order valence-corrected chi connectivity index (χ4v) is 3.02. The smallest absolute Gasteiger partial charge is 0.230 e. The van der Waals surface area contributed by atoms with Gasteiger partial charge in [0.15, 0.2) is 0 Å². The van der Waals surface area contributed by atoms with Gasteiger partial charge in [-0.1, -0.05) is 55.5 Å². The normalized spacial score (nSPS) is 22.2. The van der Waals surface area contributed by atoms with Crippen LogP contribution in [0.2, 0.25) is 0 Å². The van der Waals surface area contributed by atoms with Crippen molar-refractivity contribution in [2.45, 2.75) is 12.8 Å². The number of carbonyl (C=O) groups excluding carboxylic acids is 1. The Morgan fingerprint density at radius 3 is 2.32 bits per heavy atom. The molecule has 19 heavy (non-hydrogen) atoms. The summed E-state index contributed by atoms with van der Waals surface area (Å²) in [6.07, 6.45) is 0. The van der Waals surface area contributed by atoms with E-state index >= 15 is 0 Å². The number of benzene rings is 2. The van der Waals surface area contributed by atoms with E-state index in [0.717, 1.165) is 5.69 Å². The number of hydrogen-bond donors (Lipinski definition) is 0. The fraction of sp³-hybridized carbons (Fsp3) is 0.235. The Labute approximate surface area is 113 Å². The Balaban J connectivity index is 2.19. The lowest BCUT2D eigenvalue weighted by atomic mass is 9.77. The van der Waals surface area contributed by atoms with Crippen LogP contribution in [0.3, 0.4) is 0 Å². The molecule has 1 aliphatic rings. The van der Waals surface area contributed by atoms with Crippen LogP contribution in [0.4, 0.5) is 5.69 Å². The Bertz CT molecular complexity index is 606. The molecule has 0 saturated heterocycles. The topological polar surface area (TPSA) is 20.3 Å². The number of fused-ring (bicyclic) bond motifs is 1. The van der Waals surface area contributed by atoms with Gasteiger partial charge >= 0.3 is 0 Å². The van der Waals surface area contributed by atoms with Crippen molar-refractivity contribution in [3.05, 3.63) is 65.7 Å². The third-order valence-electron chi connectivity index (χ3n) is 4.01. The molecule has 96 valence electrons. The van der Waals surface area contributed by atoms with Gasteiger partial charge in [-0.3, -0.25) is 4.79 Å². The minimum absolute atomic E-state index is 0.0256. The van der Waals surface area contributed by atoms with Gasteiger partial charge in [0.1, 0.15) is 0 Å². The number of rotatable bonds is 1. The monoisotopic (exact) mass is 251 g/mol. The summed E-state index contributed by atoms with van der Waals surface area (Å²) in [6.45, 7) is 2.02. The van der Waals surface area contributed by atoms with Crippen molar-refractivity contribution >= 4 is 11.6 Å². The summed E-state index contributed by atoms with van der Waals surface area (Å²) in [5, 5.41) is 0. The van der Waals surface area contributed by atoms with Crippen molar-refractivity contribution in [1.82, 2.24) is 0 Å². The minimum atomic E-state index is -0.0256. The molecule has 0 aromatic heterocycles. The van der Waals surface area contributed by atoms with Gasteiger partial charge in [0.05, 0.1) is 0 Å². The molecule has 3 rings (SSSR count). The molecule has 0 N–H and O–H groups in total. The van der Waals surface area contributed by atoms with Crippen molar-refractivity contribution in [3.8, 4) is 0 Å². The Hall–Kier alpha value is -2.09. The molecule has 0 saturated carbocycles. The van der Waals surface area contributed by atoms with E-state index in [0.29, 0.717) is 0 Å². The number of carbonyl (C=O) groups is 1. The van der Waals surface area contributed by atoms with Gasteiger partial charge in [-0.15, -0.1) is 0 Å². The van der Waals surface area contributed by atoms with E-state index in [2.05, 4.69) is 18.2 Å². The first kappa shape index (κ1) is 12.0. The summed E-state index contributed by atoms with van der Waals surface area (Å²) in [4.78, 5) is 14.2. The summed E-state index contributed by atoms with van der Waals surface area (Å²) in [7, 11) is 1.86. The van der Waals surface area contributed by atoms with E-state index in [1.54, 1.807) is 4.90 Å². The number of amides is 1. The van der Waals surface area contributed by atoms with Crippen LogP contribution >= 0.6 is 0 Å². The zero-order valence-electron chi connectivity index (χ0n) is 11.2. The molecular formula is C17H17NO. The maximum absolute atomic E-state index is 12.4. The lowest BCUT2D eigenvalue weighted by Crippen LogP contribution is -2.39. The SMILES string of the molecule is C[C@@H]1C(=O)N(C)c2ccccc2[C@H]1c1ccccc1. The van der Waals surface area contributed by atoms with Gasteiger partial charge in [0, 0.05) is 24.6 Å². The average Bonchev–Trinajstić information content (AvgIpc) is 2.46. The van der Waals surface area contributed by atoms with Crippen LogP contribution in [-0.2, 0) is 4.79 Å². The first-order valence-corrected chi connectivity index (χ1v) is 6.61. The zero-order chi connectivity index (χ0) is 13.4. The molecule has 1 heterocycles. The molecule has 0 fully saturated rings. The standard InChI is InChI=1S/C17H17NO/c1-12-16(13-8-4-3-5-9-13)14-10-6-7-11-15(14)18(2)17(12)19/h3-12,16H,1-2H3/t12-,16+/m0/s1. The van der Waals surface area contributed by atoms with Crippen LogP contribution in [0.15, 0.2) is 54.6 Å². The highest BCUT2D eigenvalue weighted by Crippen LogP contribution is 2.42. The predicted octanol–water partition coefficient (Wildman–Crippen LogP) is 3.43. The maximum atomic E-state index is 12.4. The number of nitrogens with zero attached hydrogens (tertiary/aromatic N) is 1. The summed E-state index contributed by atoms with van der Waals surface area (Å²) in [6, 6.07) is 18.5. The maximum Gasteiger partial charge on any atom is 0.230 e. The second kappa shape index (κ2) is 4.54. The van der Waals surface area contributed by atoms with E-state index in [1.165, 1.54) is 11.1 Å². The summed E-state index contributed by atoms with van der Waals surface area (Å²) < 4.78 is 0. The molecule has 0 aliphatic carbocycles. The molecule has 1 aliphatic heterocycles. The van der Waals surface area contributed by atoms with Gasteiger partial charge in [-0.2, -0.15) is 0 Å². The van der Waals surface area contributed by atoms with Crippen molar-refractivity contribution in [3.63, 3.8) is 0 Å². The predicted molar refractivity (Wildman–Crippen MR) is 77.3 cm³/mol. The zero-order valence-corrected chi connectivity index (χ0v) is 11.2. The van der Waals surface area contributed by atoms with Gasteiger partial charge in [-0.05, 0) is 17.2 Å². The van der Waals surface area contributed by atoms with Crippen molar-refractivity contribution in [1.29, 1.82) is 0 Å². The highest BCUT2D eigenvalue weighted by Gasteiger charge is 2.36. The minimum Gasteiger partial charge on any atom is -0.315 e. The largest absolute Gasteiger partial charge is 0.315 e. The molecule has 2 atom stereocenters. The molecule has 2 aromatic carbocycles. The lowest BCUT2D eigenvalue weighted by molar-refractivity contribution is -0.122. The quantitative estimate of drug-likeness (QED) is 0.760. The first-order valence-electron chi connectivity index (χ1n) is 6.61. The van der Waals surface area contributed by atoms with Crippen LogP contribution < -0.4 is 4.90 Å². The summed E-state index contributed by atoms with van der Waals surface area (Å²) in [5.41, 5.74) is 3.48. The van der Waals surface area contributed by atoms with E-state index in [9.17, 15) is 4.79 Å². The second-order valence-corrected chi connectivity index (χ2v) is 5.13. The van der Waals surface area contributed by atoms with Crippen molar-refractivity contribution < 1.29 is 4.79 Å². The van der Waals surface area contributed by atoms with Gasteiger partial charge in [-0.25, -0.2) is 0 Å². The lowest BCUT2D eigenvalue weighted by Gasteiger charge is -2.36. The average molecular weight is 251 g/mol. The van der Waals surface area contributed by atoms with Crippen LogP contribution in [0.5, 0.6) is 0 Å². The van der Waals surface area contributed by atoms with Gasteiger partial charge in [0.25, 0.3) is 0 Å². The molecule has 1 amide bonds. The Morgan fingerprint density at radius 1 is 0.947 bits per heavy atom. The Morgan fingerprint density at radius 2 is 1.58 bits per heavy atom. The van der Waals surface area contributed by atoms with E-state index in [-0.39, 0.29) is 17.7 Å². The van der Waals surface area contributed by atoms with Crippen LogP contribution in [0.1, 0.15) is 24.0 Å². The number of hydrogen-bond acceptors (Lipinski definition) is 1. The molecule has 0 radical (unpaired) electrons. The fourth-order valence-electron chi connectivity index (χ4n) is 3.02.